The standard InChI is InChI=1S/C26H27N3O3S/c1-16-24(20-9-11-21-19(15-20)13-14-29(21)25(31)18-7-8-18)28-26(33-16)27-23(30)12-10-17-5-3-4-6-22(17)32-2/h3-6,9,11,15,18H,7-8,10,12-14H2,1-2H3,(H,27,28,30). The molecule has 0 saturated heterocycles. The second kappa shape index (κ2) is 8.98. The number of ether oxygens (including phenoxy) is 1. The number of methoxy groups -OCH3 is 1. The lowest BCUT2D eigenvalue weighted by Gasteiger charge is -2.17. The van der Waals surface area contributed by atoms with Crippen molar-refractivity contribution in [3.8, 4) is 17.0 Å². The first-order valence-corrected chi connectivity index (χ1v) is 12.2. The molecule has 0 bridgehead atoms. The maximum Gasteiger partial charge on any atom is 0.230 e. The summed E-state index contributed by atoms with van der Waals surface area (Å²) in [7, 11) is 1.64. The van der Waals surface area contributed by atoms with Crippen molar-refractivity contribution in [3.05, 3.63) is 58.5 Å². The Labute approximate surface area is 197 Å². The summed E-state index contributed by atoms with van der Waals surface area (Å²) in [5.74, 6) is 1.23. The number of thiazole rings is 1. The number of para-hydroxylation sites is 1. The number of amides is 2. The van der Waals surface area contributed by atoms with Gasteiger partial charge in [0.25, 0.3) is 0 Å². The smallest absolute Gasteiger partial charge is 0.230 e. The van der Waals surface area contributed by atoms with Gasteiger partial charge in [0.15, 0.2) is 5.13 Å². The number of nitrogens with zero attached hydrogens (tertiary/aromatic N) is 2. The quantitative estimate of drug-likeness (QED) is 0.538. The molecule has 3 aromatic rings. The van der Waals surface area contributed by atoms with Crippen LogP contribution >= 0.6 is 11.3 Å². The van der Waals surface area contributed by atoms with Crippen LogP contribution in [0.15, 0.2) is 42.5 Å². The summed E-state index contributed by atoms with van der Waals surface area (Å²) in [6, 6.07) is 14.0. The molecule has 6 nitrogen and oxygen atoms in total. The highest BCUT2D eigenvalue weighted by Crippen LogP contribution is 2.39. The number of carbonyl (C=O) groups excluding carboxylic acids is 2. The Morgan fingerprint density at radius 3 is 2.82 bits per heavy atom. The van der Waals surface area contributed by atoms with Crippen LogP contribution < -0.4 is 15.0 Å². The van der Waals surface area contributed by atoms with Crippen LogP contribution in [0.25, 0.3) is 11.3 Å². The summed E-state index contributed by atoms with van der Waals surface area (Å²) in [6.45, 7) is 2.78. The molecule has 0 radical (unpaired) electrons. The first-order valence-electron chi connectivity index (χ1n) is 11.4. The molecule has 1 saturated carbocycles. The summed E-state index contributed by atoms with van der Waals surface area (Å²) in [6.07, 6.45) is 3.88. The number of aryl methyl sites for hydroxylation is 2. The number of nitrogens with one attached hydrogen (secondary N) is 1. The van der Waals surface area contributed by atoms with Crippen molar-refractivity contribution in [1.29, 1.82) is 0 Å². The van der Waals surface area contributed by atoms with Crippen molar-refractivity contribution in [2.45, 2.75) is 39.0 Å². The van der Waals surface area contributed by atoms with E-state index in [1.807, 2.05) is 48.2 Å². The van der Waals surface area contributed by atoms with E-state index in [1.54, 1.807) is 7.11 Å². The van der Waals surface area contributed by atoms with Gasteiger partial charge < -0.3 is 15.0 Å². The predicted octanol–water partition coefficient (Wildman–Crippen LogP) is 5.00. The van der Waals surface area contributed by atoms with Crippen LogP contribution in [-0.2, 0) is 22.4 Å². The minimum atomic E-state index is -0.0654. The molecular formula is C26H27N3O3S. The molecule has 170 valence electrons. The molecule has 2 amide bonds. The second-order valence-corrected chi connectivity index (χ2v) is 9.84. The van der Waals surface area contributed by atoms with Gasteiger partial charge in [0.1, 0.15) is 5.75 Å². The zero-order valence-corrected chi connectivity index (χ0v) is 19.7. The number of fused-ring (bicyclic) bond motifs is 1. The van der Waals surface area contributed by atoms with Gasteiger partial charge in [-0.3, -0.25) is 9.59 Å². The minimum absolute atomic E-state index is 0.0654. The van der Waals surface area contributed by atoms with Gasteiger partial charge in [-0.1, -0.05) is 24.3 Å². The maximum atomic E-state index is 12.5. The molecule has 7 heteroatoms. The lowest BCUT2D eigenvalue weighted by Crippen LogP contribution is -2.30. The van der Waals surface area contributed by atoms with Crippen molar-refractivity contribution < 1.29 is 14.3 Å². The van der Waals surface area contributed by atoms with Gasteiger partial charge in [0.05, 0.1) is 12.8 Å². The van der Waals surface area contributed by atoms with Crippen molar-refractivity contribution in [1.82, 2.24) is 4.98 Å². The highest BCUT2D eigenvalue weighted by molar-refractivity contribution is 7.16. The molecule has 33 heavy (non-hydrogen) atoms. The maximum absolute atomic E-state index is 12.5. The number of rotatable bonds is 7. The van der Waals surface area contributed by atoms with Gasteiger partial charge in [-0.05, 0) is 61.9 Å². The summed E-state index contributed by atoms with van der Waals surface area (Å²) >= 11 is 1.49. The highest BCUT2D eigenvalue weighted by atomic mass is 32.1. The summed E-state index contributed by atoms with van der Waals surface area (Å²) in [5.41, 5.74) is 5.15. The minimum Gasteiger partial charge on any atom is -0.496 e. The molecule has 1 fully saturated rings. The Morgan fingerprint density at radius 1 is 1.21 bits per heavy atom. The summed E-state index contributed by atoms with van der Waals surface area (Å²) < 4.78 is 5.37. The van der Waals surface area contributed by atoms with Crippen molar-refractivity contribution in [3.63, 3.8) is 0 Å². The van der Waals surface area contributed by atoms with Crippen LogP contribution in [0.2, 0.25) is 0 Å². The third kappa shape index (κ3) is 4.50. The number of benzene rings is 2. The topological polar surface area (TPSA) is 71.5 Å². The van der Waals surface area contributed by atoms with Gasteiger partial charge in [-0.15, -0.1) is 11.3 Å². The molecule has 0 spiro atoms. The molecule has 2 aromatic carbocycles. The molecule has 1 N–H and O–H groups in total. The Kier molecular flexibility index (Phi) is 5.89. The number of carbonyl (C=O) groups is 2. The zero-order chi connectivity index (χ0) is 22.9. The van der Waals surface area contributed by atoms with Crippen LogP contribution in [0.1, 0.15) is 35.3 Å². The highest BCUT2D eigenvalue weighted by Gasteiger charge is 2.36. The zero-order valence-electron chi connectivity index (χ0n) is 18.9. The van der Waals surface area contributed by atoms with Crippen LogP contribution in [0.4, 0.5) is 10.8 Å². The van der Waals surface area contributed by atoms with E-state index in [2.05, 4.69) is 11.4 Å². The van der Waals surface area contributed by atoms with Crippen molar-refractivity contribution in [2.75, 3.05) is 23.9 Å². The van der Waals surface area contributed by atoms with Crippen LogP contribution in [0, 0.1) is 12.8 Å². The fraction of sp³-hybridized carbons (Fsp3) is 0.346. The lowest BCUT2D eigenvalue weighted by atomic mass is 10.1. The third-order valence-corrected chi connectivity index (χ3v) is 7.18. The molecule has 1 aliphatic heterocycles. The summed E-state index contributed by atoms with van der Waals surface area (Å²) in [4.78, 5) is 32.8. The molecular weight excluding hydrogens is 434 g/mol. The first kappa shape index (κ1) is 21.6. The fourth-order valence-electron chi connectivity index (χ4n) is 4.39. The van der Waals surface area contributed by atoms with E-state index in [9.17, 15) is 9.59 Å². The Balaban J connectivity index is 1.26. The largest absolute Gasteiger partial charge is 0.496 e. The van der Waals surface area contributed by atoms with Gasteiger partial charge in [0, 0.05) is 35.0 Å². The molecule has 1 aromatic heterocycles. The van der Waals surface area contributed by atoms with Crippen molar-refractivity contribution in [2.24, 2.45) is 5.92 Å². The molecule has 2 heterocycles. The number of aromatic nitrogens is 1. The molecule has 0 atom stereocenters. The van der Waals surface area contributed by atoms with Gasteiger partial charge in [-0.2, -0.15) is 0 Å². The Hall–Kier alpha value is -3.19. The van der Waals surface area contributed by atoms with Gasteiger partial charge in [0.2, 0.25) is 11.8 Å². The van der Waals surface area contributed by atoms with E-state index in [0.29, 0.717) is 18.0 Å². The van der Waals surface area contributed by atoms with E-state index >= 15 is 0 Å². The molecule has 5 rings (SSSR count). The van der Waals surface area contributed by atoms with E-state index < -0.39 is 0 Å². The van der Waals surface area contributed by atoms with Crippen LogP contribution in [-0.4, -0.2) is 30.5 Å². The van der Waals surface area contributed by atoms with E-state index in [-0.39, 0.29) is 17.7 Å². The number of anilines is 2. The molecule has 0 unspecified atom stereocenters. The van der Waals surface area contributed by atoms with Gasteiger partial charge >= 0.3 is 0 Å². The van der Waals surface area contributed by atoms with Gasteiger partial charge in [-0.25, -0.2) is 4.98 Å². The van der Waals surface area contributed by atoms with E-state index in [1.165, 1.54) is 16.9 Å². The summed E-state index contributed by atoms with van der Waals surface area (Å²) in [5, 5.41) is 3.56. The molecule has 1 aliphatic carbocycles. The first-order chi connectivity index (χ1) is 16.0. The second-order valence-electron chi connectivity index (χ2n) is 8.64. The van der Waals surface area contributed by atoms with Crippen molar-refractivity contribution >= 4 is 34.0 Å². The fourth-order valence-corrected chi connectivity index (χ4v) is 5.24. The Bertz CT molecular complexity index is 1220. The average Bonchev–Trinajstić information content (AvgIpc) is 3.49. The number of hydrogen-bond acceptors (Lipinski definition) is 5. The normalized spacial score (nSPS) is 14.8. The van der Waals surface area contributed by atoms with Crippen LogP contribution in [0.3, 0.4) is 0 Å². The number of hydrogen-bond donors (Lipinski definition) is 1. The SMILES string of the molecule is COc1ccccc1CCC(=O)Nc1nc(-c2ccc3c(c2)CCN3C(=O)C2CC2)c(C)s1. The third-order valence-electron chi connectivity index (χ3n) is 6.30. The average molecular weight is 462 g/mol. The van der Waals surface area contributed by atoms with E-state index in [0.717, 1.165) is 58.9 Å². The predicted molar refractivity (Wildman–Crippen MR) is 131 cm³/mol. The van der Waals surface area contributed by atoms with Crippen LogP contribution in [0.5, 0.6) is 5.75 Å². The molecule has 2 aliphatic rings. The monoisotopic (exact) mass is 461 g/mol. The lowest BCUT2D eigenvalue weighted by molar-refractivity contribution is -0.119. The van der Waals surface area contributed by atoms with E-state index in [4.69, 9.17) is 9.72 Å². The Morgan fingerprint density at radius 2 is 2.03 bits per heavy atom.